The Morgan fingerprint density at radius 3 is 2.17 bits per heavy atom. The lowest BCUT2D eigenvalue weighted by molar-refractivity contribution is -0.130. The summed E-state index contributed by atoms with van der Waals surface area (Å²) in [5.74, 6) is 1.93. The topological polar surface area (TPSA) is 57.2 Å². The summed E-state index contributed by atoms with van der Waals surface area (Å²) in [6.45, 7) is 8.80. The van der Waals surface area contributed by atoms with Crippen molar-refractivity contribution < 1.29 is 9.53 Å². The Bertz CT molecular complexity index is 804. The largest absolute Gasteiger partial charge is 0.489 e. The molecule has 6 nitrogen and oxygen atoms in total. The Balaban J connectivity index is 0.00000320. The molecule has 0 atom stereocenters. The quantitative estimate of drug-likeness (QED) is 0.359. The van der Waals surface area contributed by atoms with E-state index in [0.29, 0.717) is 13.2 Å². The van der Waals surface area contributed by atoms with Gasteiger partial charge in [0.25, 0.3) is 0 Å². The standard InChI is InChI=1S/C23H30N4O2.HI/c1-3-24-23(27-15-13-26(14-16-27)19(2)28)25-17-20-9-11-21(12-10-20)18-29-22-7-5-4-6-8-22;/h4-12H,3,13-18H2,1-2H3,(H,24,25);1H. The van der Waals surface area contributed by atoms with Crippen LogP contribution in [0.3, 0.4) is 0 Å². The first kappa shape index (κ1) is 24.0. The Morgan fingerprint density at radius 2 is 1.57 bits per heavy atom. The van der Waals surface area contributed by atoms with Gasteiger partial charge in [0, 0.05) is 39.6 Å². The Hall–Kier alpha value is -2.29. The predicted molar refractivity (Wildman–Crippen MR) is 131 cm³/mol. The van der Waals surface area contributed by atoms with Crippen molar-refractivity contribution in [3.63, 3.8) is 0 Å². The minimum absolute atomic E-state index is 0. The van der Waals surface area contributed by atoms with E-state index in [-0.39, 0.29) is 29.9 Å². The number of guanidine groups is 1. The third-order valence-electron chi connectivity index (χ3n) is 4.94. The van der Waals surface area contributed by atoms with Gasteiger partial charge in [0.05, 0.1) is 6.54 Å². The molecule has 3 rings (SSSR count). The molecule has 0 spiro atoms. The molecule has 2 aromatic rings. The van der Waals surface area contributed by atoms with Crippen LogP contribution in [0.1, 0.15) is 25.0 Å². The van der Waals surface area contributed by atoms with Gasteiger partial charge in [-0.3, -0.25) is 4.79 Å². The van der Waals surface area contributed by atoms with Crippen molar-refractivity contribution in [2.45, 2.75) is 27.0 Å². The maximum absolute atomic E-state index is 11.5. The highest BCUT2D eigenvalue weighted by Gasteiger charge is 2.20. The van der Waals surface area contributed by atoms with Crippen molar-refractivity contribution in [2.75, 3.05) is 32.7 Å². The number of hydrogen-bond acceptors (Lipinski definition) is 3. The number of amides is 1. The van der Waals surface area contributed by atoms with Gasteiger partial charge in [0.15, 0.2) is 5.96 Å². The van der Waals surface area contributed by atoms with Gasteiger partial charge in [-0.15, -0.1) is 24.0 Å². The lowest BCUT2D eigenvalue weighted by atomic mass is 10.1. The highest BCUT2D eigenvalue weighted by atomic mass is 127. The number of benzene rings is 2. The molecule has 0 unspecified atom stereocenters. The molecule has 0 radical (unpaired) electrons. The fourth-order valence-corrected chi connectivity index (χ4v) is 3.25. The maximum Gasteiger partial charge on any atom is 0.219 e. The third kappa shape index (κ3) is 7.19. The first-order valence-electron chi connectivity index (χ1n) is 10.2. The normalized spacial score (nSPS) is 14.1. The third-order valence-corrected chi connectivity index (χ3v) is 4.94. The molecule has 1 aliphatic heterocycles. The van der Waals surface area contributed by atoms with Crippen LogP contribution in [-0.4, -0.2) is 54.4 Å². The molecule has 0 saturated carbocycles. The summed E-state index contributed by atoms with van der Waals surface area (Å²) in [6, 6.07) is 18.2. The van der Waals surface area contributed by atoms with E-state index in [4.69, 9.17) is 9.73 Å². The monoisotopic (exact) mass is 522 g/mol. The molecule has 1 aliphatic rings. The summed E-state index contributed by atoms with van der Waals surface area (Å²) in [7, 11) is 0. The van der Waals surface area contributed by atoms with Gasteiger partial charge >= 0.3 is 0 Å². The van der Waals surface area contributed by atoms with Gasteiger partial charge in [-0.05, 0) is 30.2 Å². The van der Waals surface area contributed by atoms with Crippen LogP contribution in [0.2, 0.25) is 0 Å². The van der Waals surface area contributed by atoms with Crippen LogP contribution >= 0.6 is 24.0 Å². The number of para-hydroxylation sites is 1. The van der Waals surface area contributed by atoms with Crippen molar-refractivity contribution in [3.05, 3.63) is 65.7 Å². The molecule has 7 heteroatoms. The highest BCUT2D eigenvalue weighted by molar-refractivity contribution is 14.0. The van der Waals surface area contributed by atoms with Crippen molar-refractivity contribution in [1.29, 1.82) is 0 Å². The van der Waals surface area contributed by atoms with E-state index >= 15 is 0 Å². The van der Waals surface area contributed by atoms with Crippen LogP contribution in [0.4, 0.5) is 0 Å². The first-order valence-corrected chi connectivity index (χ1v) is 10.2. The van der Waals surface area contributed by atoms with Crippen LogP contribution in [0.25, 0.3) is 0 Å². The molecular weight excluding hydrogens is 491 g/mol. The molecule has 1 saturated heterocycles. The molecule has 1 amide bonds. The van der Waals surface area contributed by atoms with Crippen molar-refractivity contribution in [1.82, 2.24) is 15.1 Å². The summed E-state index contributed by atoms with van der Waals surface area (Å²) in [5, 5.41) is 3.37. The number of halogens is 1. The number of carbonyl (C=O) groups excluding carboxylic acids is 1. The zero-order valence-corrected chi connectivity index (χ0v) is 20.0. The van der Waals surface area contributed by atoms with Gasteiger partial charge in [0.1, 0.15) is 12.4 Å². The van der Waals surface area contributed by atoms with Gasteiger partial charge in [-0.1, -0.05) is 42.5 Å². The van der Waals surface area contributed by atoms with E-state index in [2.05, 4.69) is 41.4 Å². The molecule has 0 bridgehead atoms. The molecular formula is C23H31IN4O2. The lowest BCUT2D eigenvalue weighted by Gasteiger charge is -2.36. The second kappa shape index (κ2) is 12.4. The second-order valence-corrected chi connectivity index (χ2v) is 7.08. The average Bonchev–Trinajstić information content (AvgIpc) is 2.77. The Morgan fingerprint density at radius 1 is 0.967 bits per heavy atom. The van der Waals surface area contributed by atoms with Gasteiger partial charge in [-0.2, -0.15) is 0 Å². The average molecular weight is 522 g/mol. The van der Waals surface area contributed by atoms with Gasteiger partial charge in [0.2, 0.25) is 5.91 Å². The van der Waals surface area contributed by atoms with E-state index in [1.54, 1.807) is 6.92 Å². The van der Waals surface area contributed by atoms with E-state index in [1.807, 2.05) is 35.2 Å². The second-order valence-electron chi connectivity index (χ2n) is 7.08. The van der Waals surface area contributed by atoms with Crippen molar-refractivity contribution in [3.8, 4) is 5.75 Å². The maximum atomic E-state index is 11.5. The summed E-state index contributed by atoms with van der Waals surface area (Å²) >= 11 is 0. The number of ether oxygens (including phenoxy) is 1. The predicted octanol–water partition coefficient (Wildman–Crippen LogP) is 3.51. The summed E-state index contributed by atoms with van der Waals surface area (Å²) in [5.41, 5.74) is 2.29. The highest BCUT2D eigenvalue weighted by Crippen LogP contribution is 2.13. The van der Waals surface area contributed by atoms with Crippen LogP contribution in [0.15, 0.2) is 59.6 Å². The summed E-state index contributed by atoms with van der Waals surface area (Å²) in [4.78, 5) is 20.4. The van der Waals surface area contributed by atoms with Crippen molar-refractivity contribution in [2.24, 2.45) is 4.99 Å². The fraction of sp³-hybridized carbons (Fsp3) is 0.391. The minimum Gasteiger partial charge on any atom is -0.489 e. The lowest BCUT2D eigenvalue weighted by Crippen LogP contribution is -2.53. The summed E-state index contributed by atoms with van der Waals surface area (Å²) < 4.78 is 5.79. The molecule has 1 N–H and O–H groups in total. The summed E-state index contributed by atoms with van der Waals surface area (Å²) in [6.07, 6.45) is 0. The number of rotatable bonds is 6. The number of nitrogens with zero attached hydrogens (tertiary/aromatic N) is 3. The van der Waals surface area contributed by atoms with Crippen molar-refractivity contribution >= 4 is 35.8 Å². The van der Waals surface area contributed by atoms with E-state index < -0.39 is 0 Å². The molecule has 0 aliphatic carbocycles. The molecule has 1 fully saturated rings. The Labute approximate surface area is 196 Å². The molecule has 2 aromatic carbocycles. The van der Waals surface area contributed by atoms with E-state index in [1.165, 1.54) is 0 Å². The molecule has 0 aromatic heterocycles. The van der Waals surface area contributed by atoms with E-state index in [9.17, 15) is 4.79 Å². The first-order chi connectivity index (χ1) is 14.2. The van der Waals surface area contributed by atoms with Gasteiger partial charge < -0.3 is 19.9 Å². The van der Waals surface area contributed by atoms with Crippen LogP contribution in [-0.2, 0) is 17.9 Å². The SMILES string of the molecule is CCNC(=NCc1ccc(COc2ccccc2)cc1)N1CCN(C(C)=O)CC1.I. The van der Waals surface area contributed by atoms with Gasteiger partial charge in [-0.25, -0.2) is 4.99 Å². The van der Waals surface area contributed by atoms with E-state index in [0.717, 1.165) is 55.6 Å². The number of hydrogen-bond donors (Lipinski definition) is 1. The molecule has 1 heterocycles. The smallest absolute Gasteiger partial charge is 0.219 e. The minimum atomic E-state index is 0. The fourth-order valence-electron chi connectivity index (χ4n) is 3.25. The van der Waals surface area contributed by atoms with Crippen LogP contribution in [0, 0.1) is 0 Å². The molecule has 30 heavy (non-hydrogen) atoms. The molecule has 162 valence electrons. The van der Waals surface area contributed by atoms with Crippen LogP contribution < -0.4 is 10.1 Å². The number of aliphatic imine (C=N–C) groups is 1. The zero-order chi connectivity index (χ0) is 20.5. The van der Waals surface area contributed by atoms with Crippen LogP contribution in [0.5, 0.6) is 5.75 Å². The zero-order valence-electron chi connectivity index (χ0n) is 17.7. The number of piperazine rings is 1. The number of carbonyl (C=O) groups is 1. The number of nitrogens with one attached hydrogen (secondary N) is 1. The Kier molecular flexibility index (Phi) is 9.93.